The van der Waals surface area contributed by atoms with Gasteiger partial charge < -0.3 is 9.32 Å². The van der Waals surface area contributed by atoms with Crippen molar-refractivity contribution in [1.29, 1.82) is 0 Å². The van der Waals surface area contributed by atoms with Crippen LogP contribution in [0, 0.1) is 0 Å². The molecule has 1 aromatic carbocycles. The second kappa shape index (κ2) is 6.34. The van der Waals surface area contributed by atoms with Crippen LogP contribution in [-0.2, 0) is 19.4 Å². The van der Waals surface area contributed by atoms with Gasteiger partial charge in [0.15, 0.2) is 0 Å². The Balaban J connectivity index is 1.64. The van der Waals surface area contributed by atoms with E-state index in [1.807, 2.05) is 0 Å². The molecule has 0 unspecified atom stereocenters. The minimum Gasteiger partial charge on any atom is -0.423 e. The van der Waals surface area contributed by atoms with Gasteiger partial charge in [-0.2, -0.15) is 0 Å². The van der Waals surface area contributed by atoms with Crippen molar-refractivity contribution < 1.29 is 4.42 Å². The average molecular weight is 326 g/mol. The van der Waals surface area contributed by atoms with Crippen LogP contribution in [0.25, 0.3) is 11.0 Å². The molecule has 0 atom stereocenters. The molecule has 0 N–H and O–H groups in total. The lowest BCUT2D eigenvalue weighted by atomic mass is 10.0. The Morgan fingerprint density at radius 2 is 1.88 bits per heavy atom. The Labute approximate surface area is 143 Å². The number of nitrogens with zero attached hydrogens (tertiary/aromatic N) is 2. The molecule has 2 aromatic rings. The molecule has 1 aromatic heterocycles. The monoisotopic (exact) mass is 326 g/mol. The molecule has 0 radical (unpaired) electrons. The highest BCUT2D eigenvalue weighted by atomic mass is 16.4. The summed E-state index contributed by atoms with van der Waals surface area (Å²) in [6.45, 7) is 3.12. The van der Waals surface area contributed by atoms with Gasteiger partial charge in [0.1, 0.15) is 5.58 Å². The SMILES string of the molecule is CN1CCC(N(C)Cc2cc(=O)oc3cc4c(cc23)CCC4)CC1. The predicted octanol–water partition coefficient (Wildman–Crippen LogP) is 2.81. The van der Waals surface area contributed by atoms with Crippen LogP contribution in [-0.4, -0.2) is 43.0 Å². The van der Waals surface area contributed by atoms with E-state index in [4.69, 9.17) is 4.42 Å². The van der Waals surface area contributed by atoms with E-state index >= 15 is 0 Å². The quantitative estimate of drug-likeness (QED) is 0.813. The lowest BCUT2D eigenvalue weighted by Gasteiger charge is -2.35. The second-order valence-corrected chi connectivity index (χ2v) is 7.51. The Morgan fingerprint density at radius 1 is 1.17 bits per heavy atom. The van der Waals surface area contributed by atoms with E-state index in [2.05, 4.69) is 36.0 Å². The molecular formula is C20H26N2O2. The van der Waals surface area contributed by atoms with Gasteiger partial charge in [0.05, 0.1) is 0 Å². The van der Waals surface area contributed by atoms with Gasteiger partial charge in [-0.1, -0.05) is 0 Å². The van der Waals surface area contributed by atoms with Crippen LogP contribution < -0.4 is 5.63 Å². The number of likely N-dealkylation sites (tertiary alicyclic amines) is 1. The molecule has 0 amide bonds. The molecule has 1 fully saturated rings. The van der Waals surface area contributed by atoms with Gasteiger partial charge in [-0.25, -0.2) is 4.79 Å². The smallest absolute Gasteiger partial charge is 0.336 e. The van der Waals surface area contributed by atoms with Crippen molar-refractivity contribution in [3.05, 3.63) is 45.3 Å². The van der Waals surface area contributed by atoms with Crippen molar-refractivity contribution >= 4 is 11.0 Å². The van der Waals surface area contributed by atoms with Crippen molar-refractivity contribution in [3.63, 3.8) is 0 Å². The van der Waals surface area contributed by atoms with Crippen LogP contribution in [0.15, 0.2) is 27.4 Å². The van der Waals surface area contributed by atoms with Crippen LogP contribution in [0.1, 0.15) is 36.0 Å². The van der Waals surface area contributed by atoms with Crippen molar-refractivity contribution in [3.8, 4) is 0 Å². The number of hydrogen-bond donors (Lipinski definition) is 0. The zero-order valence-corrected chi connectivity index (χ0v) is 14.7. The predicted molar refractivity (Wildman–Crippen MR) is 96.5 cm³/mol. The zero-order valence-electron chi connectivity index (χ0n) is 14.7. The van der Waals surface area contributed by atoms with Crippen LogP contribution >= 0.6 is 0 Å². The molecule has 0 spiro atoms. The molecule has 1 aliphatic heterocycles. The van der Waals surface area contributed by atoms with E-state index in [-0.39, 0.29) is 5.63 Å². The first-order valence-corrected chi connectivity index (χ1v) is 9.07. The molecule has 1 saturated heterocycles. The molecule has 2 aliphatic rings. The lowest BCUT2D eigenvalue weighted by molar-refractivity contribution is 0.139. The van der Waals surface area contributed by atoms with Gasteiger partial charge in [-0.05, 0) is 88.1 Å². The summed E-state index contributed by atoms with van der Waals surface area (Å²) in [5.74, 6) is 0. The standard InChI is InChI=1S/C20H26N2O2/c1-21-8-6-17(7-9-21)22(2)13-16-12-20(23)24-19-11-15-5-3-4-14(15)10-18(16)19/h10-12,17H,3-9,13H2,1-2H3. The Kier molecular flexibility index (Phi) is 4.19. The first-order chi connectivity index (χ1) is 11.6. The van der Waals surface area contributed by atoms with Crippen molar-refractivity contribution in [2.24, 2.45) is 0 Å². The summed E-state index contributed by atoms with van der Waals surface area (Å²) in [4.78, 5) is 16.8. The topological polar surface area (TPSA) is 36.7 Å². The third-order valence-electron chi connectivity index (χ3n) is 5.77. The van der Waals surface area contributed by atoms with Crippen molar-refractivity contribution in [2.45, 2.75) is 44.7 Å². The number of rotatable bonds is 3. The summed E-state index contributed by atoms with van der Waals surface area (Å²) in [5.41, 5.74) is 4.42. The molecule has 0 saturated carbocycles. The van der Waals surface area contributed by atoms with E-state index < -0.39 is 0 Å². The largest absolute Gasteiger partial charge is 0.423 e. The van der Waals surface area contributed by atoms with E-state index in [1.165, 1.54) is 30.4 Å². The summed E-state index contributed by atoms with van der Waals surface area (Å²) in [6.07, 6.45) is 5.85. The molecule has 4 nitrogen and oxygen atoms in total. The summed E-state index contributed by atoms with van der Waals surface area (Å²) in [5, 5.41) is 1.12. The molecule has 24 heavy (non-hydrogen) atoms. The third-order valence-corrected chi connectivity index (χ3v) is 5.77. The molecule has 128 valence electrons. The Morgan fingerprint density at radius 3 is 2.62 bits per heavy atom. The van der Waals surface area contributed by atoms with Gasteiger partial charge in [-0.15, -0.1) is 0 Å². The minimum absolute atomic E-state index is 0.229. The highest BCUT2D eigenvalue weighted by Crippen LogP contribution is 2.29. The number of aryl methyl sites for hydroxylation is 2. The van der Waals surface area contributed by atoms with Gasteiger partial charge in [0.2, 0.25) is 0 Å². The molecule has 2 heterocycles. The fraction of sp³-hybridized carbons (Fsp3) is 0.550. The normalized spacial score (nSPS) is 19.3. The van der Waals surface area contributed by atoms with Gasteiger partial charge in [0.25, 0.3) is 0 Å². The van der Waals surface area contributed by atoms with Crippen molar-refractivity contribution in [1.82, 2.24) is 9.80 Å². The molecule has 4 heteroatoms. The maximum absolute atomic E-state index is 12.0. The Bertz CT molecular complexity index is 803. The molecule has 4 rings (SSSR count). The maximum Gasteiger partial charge on any atom is 0.336 e. The number of fused-ring (bicyclic) bond motifs is 2. The summed E-state index contributed by atoms with van der Waals surface area (Å²) >= 11 is 0. The first kappa shape index (κ1) is 15.9. The van der Waals surface area contributed by atoms with E-state index in [1.54, 1.807) is 6.07 Å². The van der Waals surface area contributed by atoms with Crippen LogP contribution in [0.4, 0.5) is 0 Å². The molecule has 1 aliphatic carbocycles. The number of piperidine rings is 1. The highest BCUT2D eigenvalue weighted by Gasteiger charge is 2.22. The number of benzene rings is 1. The maximum atomic E-state index is 12.0. The van der Waals surface area contributed by atoms with Crippen LogP contribution in [0.2, 0.25) is 0 Å². The fourth-order valence-corrected chi connectivity index (χ4v) is 4.26. The van der Waals surface area contributed by atoms with E-state index in [0.717, 1.165) is 49.0 Å². The molecular weight excluding hydrogens is 300 g/mol. The van der Waals surface area contributed by atoms with Crippen LogP contribution in [0.5, 0.6) is 0 Å². The summed E-state index contributed by atoms with van der Waals surface area (Å²) in [6, 6.07) is 6.64. The Hall–Kier alpha value is -1.65. The third kappa shape index (κ3) is 3.01. The number of hydrogen-bond acceptors (Lipinski definition) is 4. The van der Waals surface area contributed by atoms with Gasteiger partial charge in [-0.3, -0.25) is 4.90 Å². The molecule has 0 bridgehead atoms. The first-order valence-electron chi connectivity index (χ1n) is 9.07. The fourth-order valence-electron chi connectivity index (χ4n) is 4.26. The minimum atomic E-state index is -0.229. The summed E-state index contributed by atoms with van der Waals surface area (Å²) < 4.78 is 5.49. The van der Waals surface area contributed by atoms with Crippen LogP contribution in [0.3, 0.4) is 0 Å². The second-order valence-electron chi connectivity index (χ2n) is 7.51. The highest BCUT2D eigenvalue weighted by molar-refractivity contribution is 5.82. The van der Waals surface area contributed by atoms with Gasteiger partial charge in [0, 0.05) is 24.0 Å². The van der Waals surface area contributed by atoms with E-state index in [9.17, 15) is 4.79 Å². The lowest BCUT2D eigenvalue weighted by Crippen LogP contribution is -2.41. The van der Waals surface area contributed by atoms with Crippen molar-refractivity contribution in [2.75, 3.05) is 27.2 Å². The van der Waals surface area contributed by atoms with Gasteiger partial charge >= 0.3 is 5.63 Å². The zero-order chi connectivity index (χ0) is 16.7. The average Bonchev–Trinajstić information content (AvgIpc) is 3.00. The summed E-state index contributed by atoms with van der Waals surface area (Å²) in [7, 11) is 4.37. The van der Waals surface area contributed by atoms with E-state index in [0.29, 0.717) is 6.04 Å².